The minimum atomic E-state index is -1.35. The van der Waals surface area contributed by atoms with Gasteiger partial charge in [-0.3, -0.25) is 14.6 Å². The lowest BCUT2D eigenvalue weighted by Crippen LogP contribution is -2.23. The molecule has 4 heterocycles. The molecule has 0 aromatic carbocycles. The molecule has 0 bridgehead atoms. The van der Waals surface area contributed by atoms with Crippen LogP contribution in [0.2, 0.25) is 0 Å². The number of H-pyrrole nitrogens is 1. The second-order valence-corrected chi connectivity index (χ2v) is 8.76. The normalized spacial score (nSPS) is 11.7. The Morgan fingerprint density at radius 1 is 1.32 bits per heavy atom. The number of anilines is 2. The van der Waals surface area contributed by atoms with Crippen molar-refractivity contribution in [2.24, 2.45) is 7.05 Å². The van der Waals surface area contributed by atoms with Crippen LogP contribution in [0.25, 0.3) is 22.2 Å². The Morgan fingerprint density at radius 3 is 2.71 bits per heavy atom. The first kappa shape index (κ1) is 23.2. The number of aromatic amines is 1. The molecule has 0 saturated carbocycles. The van der Waals surface area contributed by atoms with Crippen LogP contribution < -0.4 is 16.2 Å². The van der Waals surface area contributed by atoms with E-state index >= 15 is 0 Å². The summed E-state index contributed by atoms with van der Waals surface area (Å²) >= 11 is 0. The molecule has 178 valence electrons. The summed E-state index contributed by atoms with van der Waals surface area (Å²) in [6.45, 7) is 9.25. The van der Waals surface area contributed by atoms with Crippen molar-refractivity contribution >= 4 is 28.3 Å². The lowest BCUT2D eigenvalue weighted by molar-refractivity contribution is 0.0490. The highest BCUT2D eigenvalue weighted by Gasteiger charge is 2.29. The number of hydrogen-bond donors (Lipinski definition) is 4. The first-order valence-electron chi connectivity index (χ1n) is 10.9. The number of nitrogens with one attached hydrogen (secondary N) is 3. The third kappa shape index (κ3) is 4.08. The standard InChI is InChI=1S/C24H28N6O4/c1-7-25-21(31)16-10-14-15(11-30(6)22(32)18(14)27-16)19-20(29-23(34-19)24(4,5)33)28-17-12(2)8-9-26-13(17)3/h8-11,27-28,33H,7H2,1-6H3,(H,25,31). The predicted octanol–water partition coefficient (Wildman–Crippen LogP) is 3.25. The predicted molar refractivity (Wildman–Crippen MR) is 129 cm³/mol. The minimum Gasteiger partial charge on any atom is -0.435 e. The van der Waals surface area contributed by atoms with Gasteiger partial charge in [0.25, 0.3) is 11.5 Å². The number of rotatable bonds is 6. The van der Waals surface area contributed by atoms with Gasteiger partial charge in [0.1, 0.15) is 16.8 Å². The Balaban J connectivity index is 1.97. The van der Waals surface area contributed by atoms with Gasteiger partial charge in [-0.1, -0.05) is 0 Å². The van der Waals surface area contributed by atoms with Crippen molar-refractivity contribution in [2.45, 2.75) is 40.2 Å². The minimum absolute atomic E-state index is 0.102. The number of nitrogens with zero attached hydrogens (tertiary/aromatic N) is 3. The summed E-state index contributed by atoms with van der Waals surface area (Å²) in [5.41, 5.74) is 1.91. The van der Waals surface area contributed by atoms with Crippen molar-refractivity contribution in [1.29, 1.82) is 0 Å². The maximum Gasteiger partial charge on any atom is 0.274 e. The van der Waals surface area contributed by atoms with E-state index in [1.165, 1.54) is 4.57 Å². The van der Waals surface area contributed by atoms with Crippen LogP contribution in [0.5, 0.6) is 0 Å². The fourth-order valence-corrected chi connectivity index (χ4v) is 3.74. The zero-order valence-electron chi connectivity index (χ0n) is 20.0. The molecule has 10 heteroatoms. The van der Waals surface area contributed by atoms with E-state index in [4.69, 9.17) is 4.42 Å². The number of amides is 1. The van der Waals surface area contributed by atoms with Crippen molar-refractivity contribution in [3.05, 3.63) is 57.7 Å². The van der Waals surface area contributed by atoms with Crippen molar-refractivity contribution in [3.8, 4) is 11.3 Å². The van der Waals surface area contributed by atoms with Crippen molar-refractivity contribution in [3.63, 3.8) is 0 Å². The van der Waals surface area contributed by atoms with Gasteiger partial charge in [-0.05, 0) is 52.3 Å². The molecule has 0 unspecified atom stereocenters. The quantitative estimate of drug-likeness (QED) is 0.344. The summed E-state index contributed by atoms with van der Waals surface area (Å²) in [5.74, 6) is 0.464. The number of aryl methyl sites for hydroxylation is 3. The smallest absolute Gasteiger partial charge is 0.274 e. The van der Waals surface area contributed by atoms with Gasteiger partial charge < -0.3 is 29.7 Å². The Hall–Kier alpha value is -3.92. The average Bonchev–Trinajstić information content (AvgIpc) is 3.39. The molecule has 0 atom stereocenters. The van der Waals surface area contributed by atoms with E-state index in [-0.39, 0.29) is 28.6 Å². The van der Waals surface area contributed by atoms with Gasteiger partial charge in [0.05, 0.1) is 11.4 Å². The van der Waals surface area contributed by atoms with E-state index in [9.17, 15) is 14.7 Å². The Kier molecular flexibility index (Phi) is 5.78. The molecule has 0 fully saturated rings. The summed E-state index contributed by atoms with van der Waals surface area (Å²) in [6, 6.07) is 3.49. The molecule has 0 aliphatic rings. The van der Waals surface area contributed by atoms with E-state index in [0.29, 0.717) is 29.1 Å². The topological polar surface area (TPSA) is 138 Å². The molecule has 4 rings (SSSR count). The number of aromatic nitrogens is 4. The van der Waals surface area contributed by atoms with Crippen LogP contribution in [0.15, 0.2) is 33.7 Å². The second-order valence-electron chi connectivity index (χ2n) is 8.76. The maximum absolute atomic E-state index is 12.8. The van der Waals surface area contributed by atoms with Gasteiger partial charge in [0.2, 0.25) is 5.89 Å². The van der Waals surface area contributed by atoms with Crippen molar-refractivity contribution in [1.82, 2.24) is 24.8 Å². The summed E-state index contributed by atoms with van der Waals surface area (Å²) < 4.78 is 7.47. The Bertz CT molecular complexity index is 1430. The van der Waals surface area contributed by atoms with Crippen LogP contribution in [-0.4, -0.2) is 37.1 Å². The van der Waals surface area contributed by atoms with Gasteiger partial charge >= 0.3 is 0 Å². The van der Waals surface area contributed by atoms with E-state index in [0.717, 1.165) is 16.9 Å². The fraction of sp³-hybridized carbons (Fsp3) is 0.333. The molecule has 4 N–H and O–H groups in total. The fourth-order valence-electron chi connectivity index (χ4n) is 3.74. The SMILES string of the molecule is CCNC(=O)c1cc2c(-c3oc(C(C)(C)O)nc3Nc3c(C)ccnc3C)cn(C)c(=O)c2[nH]1. The van der Waals surface area contributed by atoms with E-state index in [1.54, 1.807) is 39.4 Å². The molecule has 10 nitrogen and oxygen atoms in total. The number of oxazole rings is 1. The van der Waals surface area contributed by atoms with Gasteiger partial charge in [-0.15, -0.1) is 0 Å². The Labute approximate surface area is 196 Å². The maximum atomic E-state index is 12.8. The molecule has 4 aromatic heterocycles. The number of carbonyl (C=O) groups is 1. The van der Waals surface area contributed by atoms with E-state index < -0.39 is 5.60 Å². The Morgan fingerprint density at radius 2 is 2.06 bits per heavy atom. The number of hydrogen-bond acceptors (Lipinski definition) is 7. The lowest BCUT2D eigenvalue weighted by atomic mass is 10.1. The molecule has 34 heavy (non-hydrogen) atoms. The lowest BCUT2D eigenvalue weighted by Gasteiger charge is -2.11. The molecular formula is C24H28N6O4. The number of carbonyl (C=O) groups excluding carboxylic acids is 1. The van der Waals surface area contributed by atoms with Crippen molar-refractivity contribution < 1.29 is 14.3 Å². The van der Waals surface area contributed by atoms with Crippen LogP contribution in [0.4, 0.5) is 11.5 Å². The average molecular weight is 465 g/mol. The van der Waals surface area contributed by atoms with Gasteiger partial charge in [0, 0.05) is 36.9 Å². The zero-order valence-corrected chi connectivity index (χ0v) is 20.0. The number of aliphatic hydroxyl groups is 1. The van der Waals surface area contributed by atoms with Crippen LogP contribution in [0, 0.1) is 13.8 Å². The second kappa shape index (κ2) is 8.45. The molecule has 4 aromatic rings. The zero-order chi connectivity index (χ0) is 24.8. The first-order valence-corrected chi connectivity index (χ1v) is 10.9. The first-order chi connectivity index (χ1) is 16.0. The summed E-state index contributed by atoms with van der Waals surface area (Å²) in [6.07, 6.45) is 3.35. The molecular weight excluding hydrogens is 436 g/mol. The van der Waals surface area contributed by atoms with Gasteiger partial charge in [-0.2, -0.15) is 4.98 Å². The van der Waals surface area contributed by atoms with E-state index in [1.807, 2.05) is 26.8 Å². The van der Waals surface area contributed by atoms with Crippen LogP contribution in [0.1, 0.15) is 48.4 Å². The molecule has 0 aliphatic heterocycles. The number of pyridine rings is 2. The molecule has 0 radical (unpaired) electrons. The van der Waals surface area contributed by atoms with Crippen LogP contribution >= 0.6 is 0 Å². The highest BCUT2D eigenvalue weighted by Crippen LogP contribution is 2.38. The largest absolute Gasteiger partial charge is 0.435 e. The summed E-state index contributed by atoms with van der Waals surface area (Å²) in [5, 5.41) is 17.1. The number of fused-ring (bicyclic) bond motifs is 1. The monoisotopic (exact) mass is 464 g/mol. The highest BCUT2D eigenvalue weighted by molar-refractivity contribution is 6.03. The summed E-state index contributed by atoms with van der Waals surface area (Å²) in [4.78, 5) is 37.1. The third-order valence-corrected chi connectivity index (χ3v) is 5.53. The van der Waals surface area contributed by atoms with Crippen molar-refractivity contribution in [2.75, 3.05) is 11.9 Å². The van der Waals surface area contributed by atoms with Gasteiger partial charge in [-0.25, -0.2) is 0 Å². The molecule has 0 aliphatic carbocycles. The van der Waals surface area contributed by atoms with Gasteiger partial charge in [0.15, 0.2) is 11.6 Å². The summed E-state index contributed by atoms with van der Waals surface area (Å²) in [7, 11) is 1.62. The van der Waals surface area contributed by atoms with Crippen LogP contribution in [-0.2, 0) is 12.6 Å². The molecule has 0 spiro atoms. The molecule has 0 saturated heterocycles. The molecule has 1 amide bonds. The van der Waals surface area contributed by atoms with E-state index in [2.05, 4.69) is 25.6 Å². The third-order valence-electron chi connectivity index (χ3n) is 5.53. The highest BCUT2D eigenvalue weighted by atomic mass is 16.4. The van der Waals surface area contributed by atoms with Crippen LogP contribution in [0.3, 0.4) is 0 Å².